The van der Waals surface area contributed by atoms with E-state index in [0.29, 0.717) is 12.0 Å². The van der Waals surface area contributed by atoms with Crippen molar-refractivity contribution in [2.75, 3.05) is 13.1 Å². The summed E-state index contributed by atoms with van der Waals surface area (Å²) in [7, 11) is 0. The molecule has 3 atom stereocenters. The van der Waals surface area contributed by atoms with Gasteiger partial charge in [-0.25, -0.2) is 4.79 Å². The number of likely N-dealkylation sites (tertiary alicyclic amines) is 1. The van der Waals surface area contributed by atoms with Crippen molar-refractivity contribution < 1.29 is 9.53 Å². The van der Waals surface area contributed by atoms with Gasteiger partial charge in [0.1, 0.15) is 5.60 Å². The van der Waals surface area contributed by atoms with Crippen LogP contribution in [0.4, 0.5) is 4.79 Å². The van der Waals surface area contributed by atoms with Crippen molar-refractivity contribution in [2.45, 2.75) is 51.8 Å². The van der Waals surface area contributed by atoms with E-state index in [1.54, 1.807) is 0 Å². The highest BCUT2D eigenvalue weighted by Crippen LogP contribution is 2.30. The number of fused-ring (bicyclic) bond motifs is 1. The van der Waals surface area contributed by atoms with Gasteiger partial charge in [-0.3, -0.25) is 0 Å². The molecular formula is C12H22N2O2. The van der Waals surface area contributed by atoms with E-state index >= 15 is 0 Å². The maximum Gasteiger partial charge on any atom is 0.410 e. The second-order valence-electron chi connectivity index (χ2n) is 5.90. The average molecular weight is 226 g/mol. The summed E-state index contributed by atoms with van der Waals surface area (Å²) < 4.78 is 5.42. The third kappa shape index (κ3) is 2.17. The number of hydrogen-bond donors (Lipinski definition) is 1. The first kappa shape index (κ1) is 11.7. The van der Waals surface area contributed by atoms with Gasteiger partial charge in [-0.2, -0.15) is 0 Å². The summed E-state index contributed by atoms with van der Waals surface area (Å²) >= 11 is 0. The van der Waals surface area contributed by atoms with Gasteiger partial charge < -0.3 is 15.0 Å². The van der Waals surface area contributed by atoms with Gasteiger partial charge in [0.25, 0.3) is 0 Å². The van der Waals surface area contributed by atoms with Crippen molar-refractivity contribution in [1.82, 2.24) is 10.2 Å². The third-order valence-corrected chi connectivity index (χ3v) is 3.47. The van der Waals surface area contributed by atoms with Crippen LogP contribution < -0.4 is 5.32 Å². The van der Waals surface area contributed by atoms with Crippen LogP contribution >= 0.6 is 0 Å². The number of hydrogen-bond acceptors (Lipinski definition) is 3. The smallest absolute Gasteiger partial charge is 0.410 e. The lowest BCUT2D eigenvalue weighted by Gasteiger charge is -2.28. The van der Waals surface area contributed by atoms with Crippen molar-refractivity contribution in [3.05, 3.63) is 0 Å². The van der Waals surface area contributed by atoms with Crippen molar-refractivity contribution in [2.24, 2.45) is 5.92 Å². The molecule has 0 saturated carbocycles. The standard InChI is InChI=1S/C12H22N2O2/c1-8-10-9(5-6-13-10)7-14(8)11(15)16-12(2,3)4/h8-10,13H,5-7H2,1-4H3. The van der Waals surface area contributed by atoms with E-state index in [1.807, 2.05) is 25.7 Å². The molecule has 0 aliphatic carbocycles. The van der Waals surface area contributed by atoms with Gasteiger partial charge in [-0.1, -0.05) is 0 Å². The van der Waals surface area contributed by atoms with Crippen LogP contribution in [-0.2, 0) is 4.74 Å². The number of amides is 1. The first-order valence-electron chi connectivity index (χ1n) is 6.11. The summed E-state index contributed by atoms with van der Waals surface area (Å²) in [5, 5.41) is 3.47. The second-order valence-corrected chi connectivity index (χ2v) is 5.90. The Morgan fingerprint density at radius 2 is 2.12 bits per heavy atom. The Bertz CT molecular complexity index is 285. The Balaban J connectivity index is 1.99. The number of ether oxygens (including phenoxy) is 1. The number of carbonyl (C=O) groups is 1. The molecule has 2 aliphatic rings. The number of nitrogens with zero attached hydrogens (tertiary/aromatic N) is 1. The lowest BCUT2D eigenvalue weighted by atomic mass is 10.0. The Morgan fingerprint density at radius 3 is 2.69 bits per heavy atom. The molecule has 2 saturated heterocycles. The molecule has 0 spiro atoms. The van der Waals surface area contributed by atoms with E-state index in [9.17, 15) is 4.79 Å². The second kappa shape index (κ2) is 3.91. The molecule has 1 amide bonds. The summed E-state index contributed by atoms with van der Waals surface area (Å²) in [6.45, 7) is 9.75. The molecule has 16 heavy (non-hydrogen) atoms. The SMILES string of the molecule is CC1C2NCCC2CN1C(=O)OC(C)(C)C. The van der Waals surface area contributed by atoms with Crippen LogP contribution in [0.3, 0.4) is 0 Å². The molecule has 0 aromatic rings. The zero-order valence-corrected chi connectivity index (χ0v) is 10.6. The molecule has 0 radical (unpaired) electrons. The maximum absolute atomic E-state index is 12.0. The van der Waals surface area contributed by atoms with Gasteiger partial charge in [0, 0.05) is 18.6 Å². The molecule has 92 valence electrons. The highest BCUT2D eigenvalue weighted by atomic mass is 16.6. The molecule has 4 nitrogen and oxygen atoms in total. The van der Waals surface area contributed by atoms with Crippen molar-refractivity contribution in [1.29, 1.82) is 0 Å². The van der Waals surface area contributed by atoms with E-state index in [2.05, 4.69) is 12.2 Å². The summed E-state index contributed by atoms with van der Waals surface area (Å²) in [6.07, 6.45) is 1.00. The summed E-state index contributed by atoms with van der Waals surface area (Å²) in [6, 6.07) is 0.717. The van der Waals surface area contributed by atoms with Crippen LogP contribution in [0.2, 0.25) is 0 Å². The largest absolute Gasteiger partial charge is 0.444 e. The van der Waals surface area contributed by atoms with E-state index < -0.39 is 5.60 Å². The number of nitrogens with one attached hydrogen (secondary N) is 1. The predicted octanol–water partition coefficient (Wildman–Crippen LogP) is 1.60. The van der Waals surface area contributed by atoms with Crippen molar-refractivity contribution in [3.63, 3.8) is 0 Å². The first-order valence-corrected chi connectivity index (χ1v) is 6.11. The zero-order valence-electron chi connectivity index (χ0n) is 10.6. The van der Waals surface area contributed by atoms with Crippen molar-refractivity contribution >= 4 is 6.09 Å². The van der Waals surface area contributed by atoms with Crippen molar-refractivity contribution in [3.8, 4) is 0 Å². The Hall–Kier alpha value is -0.770. The molecule has 4 heteroatoms. The Kier molecular flexibility index (Phi) is 2.86. The van der Waals surface area contributed by atoms with Crippen LogP contribution in [-0.4, -0.2) is 41.8 Å². The lowest BCUT2D eigenvalue weighted by Crippen LogP contribution is -2.44. The molecule has 2 aliphatic heterocycles. The lowest BCUT2D eigenvalue weighted by molar-refractivity contribution is 0.0223. The fourth-order valence-corrected chi connectivity index (χ4v) is 2.73. The van der Waals surface area contributed by atoms with Crippen LogP contribution in [0, 0.1) is 5.92 Å². The fraction of sp³-hybridized carbons (Fsp3) is 0.917. The maximum atomic E-state index is 12.0. The van der Waals surface area contributed by atoms with Crippen LogP contribution in [0.1, 0.15) is 34.1 Å². The van der Waals surface area contributed by atoms with Crippen LogP contribution in [0.25, 0.3) is 0 Å². The third-order valence-electron chi connectivity index (χ3n) is 3.47. The minimum atomic E-state index is -0.401. The number of rotatable bonds is 0. The number of carbonyl (C=O) groups excluding carboxylic acids is 1. The van der Waals surface area contributed by atoms with Gasteiger partial charge in [0.05, 0.1) is 0 Å². The summed E-state index contributed by atoms with van der Waals surface area (Å²) in [5.41, 5.74) is -0.401. The van der Waals surface area contributed by atoms with Crippen LogP contribution in [0.5, 0.6) is 0 Å². The molecule has 2 heterocycles. The van der Waals surface area contributed by atoms with E-state index in [0.717, 1.165) is 13.1 Å². The van der Waals surface area contributed by atoms with Gasteiger partial charge in [0.2, 0.25) is 0 Å². The van der Waals surface area contributed by atoms with Gasteiger partial charge in [0.15, 0.2) is 0 Å². The molecule has 0 aromatic heterocycles. The molecular weight excluding hydrogens is 204 g/mol. The summed E-state index contributed by atoms with van der Waals surface area (Å²) in [4.78, 5) is 13.8. The van der Waals surface area contributed by atoms with Gasteiger partial charge in [-0.15, -0.1) is 0 Å². The zero-order chi connectivity index (χ0) is 11.9. The van der Waals surface area contributed by atoms with Crippen LogP contribution in [0.15, 0.2) is 0 Å². The van der Waals surface area contributed by atoms with E-state index in [-0.39, 0.29) is 12.1 Å². The molecule has 2 rings (SSSR count). The first-order chi connectivity index (χ1) is 7.38. The van der Waals surface area contributed by atoms with Gasteiger partial charge in [-0.05, 0) is 46.6 Å². The topological polar surface area (TPSA) is 41.6 Å². The fourth-order valence-electron chi connectivity index (χ4n) is 2.73. The molecule has 0 aromatic carbocycles. The quantitative estimate of drug-likeness (QED) is 0.682. The Morgan fingerprint density at radius 1 is 1.44 bits per heavy atom. The average Bonchev–Trinajstić information content (AvgIpc) is 2.66. The highest BCUT2D eigenvalue weighted by Gasteiger charge is 2.44. The monoisotopic (exact) mass is 226 g/mol. The molecule has 2 fully saturated rings. The van der Waals surface area contributed by atoms with E-state index in [4.69, 9.17) is 4.74 Å². The minimum absolute atomic E-state index is 0.170. The minimum Gasteiger partial charge on any atom is -0.444 e. The predicted molar refractivity (Wildman–Crippen MR) is 62.3 cm³/mol. The normalized spacial score (nSPS) is 34.0. The summed E-state index contributed by atoms with van der Waals surface area (Å²) in [5.74, 6) is 0.613. The van der Waals surface area contributed by atoms with E-state index in [1.165, 1.54) is 6.42 Å². The Labute approximate surface area is 97.3 Å². The molecule has 0 bridgehead atoms. The molecule has 3 unspecified atom stereocenters. The van der Waals surface area contributed by atoms with Gasteiger partial charge >= 0.3 is 6.09 Å². The highest BCUT2D eigenvalue weighted by molar-refractivity contribution is 5.69. The molecule has 1 N–H and O–H groups in total.